The van der Waals surface area contributed by atoms with E-state index in [0.29, 0.717) is 18.6 Å². The number of aliphatic hydroxyl groups is 1. The van der Waals surface area contributed by atoms with Crippen LogP contribution < -0.4 is 9.54 Å². The highest BCUT2D eigenvalue weighted by Crippen LogP contribution is 2.27. The molecule has 0 radical (unpaired) electrons. The lowest BCUT2D eigenvalue weighted by molar-refractivity contribution is 0.0855. The van der Waals surface area contributed by atoms with E-state index >= 15 is 0 Å². The van der Waals surface area contributed by atoms with Gasteiger partial charge in [0.1, 0.15) is 12.8 Å². The van der Waals surface area contributed by atoms with E-state index in [1.54, 1.807) is 6.20 Å². The van der Waals surface area contributed by atoms with Crippen LogP contribution in [0.3, 0.4) is 0 Å². The van der Waals surface area contributed by atoms with Crippen molar-refractivity contribution < 1.29 is 14.6 Å². The predicted molar refractivity (Wildman–Crippen MR) is 145 cm³/mol. The zero-order valence-electron chi connectivity index (χ0n) is 21.7. The average molecular weight is 528 g/mol. The Balaban J connectivity index is 1.62. The molecule has 1 aliphatic rings. The van der Waals surface area contributed by atoms with E-state index in [2.05, 4.69) is 29.6 Å². The lowest BCUT2D eigenvalue weighted by Gasteiger charge is -2.21. The Morgan fingerprint density at radius 1 is 1.14 bits per heavy atom. The first-order valence-electron chi connectivity index (χ1n) is 12.7. The fourth-order valence-corrected chi connectivity index (χ4v) is 5.75. The fourth-order valence-electron chi connectivity index (χ4n) is 3.95. The molecule has 4 rings (SSSR count). The van der Waals surface area contributed by atoms with Crippen LogP contribution in [0.4, 0.5) is 5.82 Å². The zero-order valence-corrected chi connectivity index (χ0v) is 23.6. The molecule has 0 aliphatic heterocycles. The molecule has 10 heteroatoms. The van der Waals surface area contributed by atoms with Crippen LogP contribution in [-0.4, -0.2) is 45.4 Å². The lowest BCUT2D eigenvalue weighted by atomic mass is 9.98. The molecule has 3 aromatic heterocycles. The van der Waals surface area contributed by atoms with Gasteiger partial charge in [-0.3, -0.25) is 4.57 Å². The summed E-state index contributed by atoms with van der Waals surface area (Å²) < 4.78 is 14.2. The van der Waals surface area contributed by atoms with Gasteiger partial charge in [-0.2, -0.15) is 4.98 Å². The van der Waals surface area contributed by atoms with Crippen LogP contribution in [0.5, 0.6) is 6.01 Å². The van der Waals surface area contributed by atoms with Crippen molar-refractivity contribution in [3.8, 4) is 16.6 Å². The van der Waals surface area contributed by atoms with Crippen LogP contribution in [0.25, 0.3) is 10.6 Å². The van der Waals surface area contributed by atoms with Gasteiger partial charge in [-0.15, -0.1) is 0 Å². The van der Waals surface area contributed by atoms with E-state index in [-0.39, 0.29) is 12.7 Å². The van der Waals surface area contributed by atoms with E-state index < -0.39 is 8.07 Å². The molecule has 1 saturated carbocycles. The lowest BCUT2D eigenvalue weighted by Crippen LogP contribution is -2.23. The molecule has 3 aromatic rings. The summed E-state index contributed by atoms with van der Waals surface area (Å²) in [6.45, 7) is 10.1. The first-order chi connectivity index (χ1) is 17.3. The maximum atomic E-state index is 9.31. The van der Waals surface area contributed by atoms with Crippen molar-refractivity contribution in [2.75, 3.05) is 6.61 Å². The smallest absolute Gasteiger partial charge is 0.317 e. The standard InChI is InChI=1S/C26H37N5O3SSi/c1-19-14-28-25(34-21-8-6-5-7-9-21)30-24(19)22-16-31(18-33-12-13-36(2,3)4)26(35-22)29-23-11-10-20(17-32)15-27-23/h10-11,14-16,21,32H,5-9,12-13,17-18H2,1-4H3/b29-26-. The second kappa shape index (κ2) is 12.2. The van der Waals surface area contributed by atoms with Gasteiger partial charge >= 0.3 is 6.01 Å². The summed E-state index contributed by atoms with van der Waals surface area (Å²) in [4.78, 5) is 20.1. The third-order valence-corrected chi connectivity index (χ3v) is 8.89. The molecule has 3 heterocycles. The SMILES string of the molecule is Cc1cnc(OC2CCCCC2)nc1-c1cn(COCC[Si](C)(C)C)/c(=N/c2ccc(CO)cn2)s1. The quantitative estimate of drug-likeness (QED) is 0.278. The molecule has 0 bridgehead atoms. The fraction of sp³-hybridized carbons (Fsp3) is 0.538. The molecule has 0 amide bonds. The highest BCUT2D eigenvalue weighted by molar-refractivity contribution is 7.12. The molecule has 0 saturated heterocycles. The summed E-state index contributed by atoms with van der Waals surface area (Å²) in [7, 11) is -1.18. The Hall–Kier alpha value is -2.40. The van der Waals surface area contributed by atoms with Crippen LogP contribution in [0.15, 0.2) is 35.7 Å². The number of aliphatic hydroxyl groups excluding tert-OH is 1. The Bertz CT molecular complexity index is 1200. The molecule has 0 spiro atoms. The monoisotopic (exact) mass is 527 g/mol. The van der Waals surface area contributed by atoms with Crippen molar-refractivity contribution >= 4 is 25.2 Å². The van der Waals surface area contributed by atoms with Crippen LogP contribution in [-0.2, 0) is 18.1 Å². The second-order valence-corrected chi connectivity index (χ2v) is 17.2. The van der Waals surface area contributed by atoms with Gasteiger partial charge in [-0.25, -0.2) is 15.0 Å². The van der Waals surface area contributed by atoms with E-state index in [4.69, 9.17) is 19.5 Å². The van der Waals surface area contributed by atoms with Gasteiger partial charge < -0.3 is 14.6 Å². The van der Waals surface area contributed by atoms with Crippen molar-refractivity contribution in [3.63, 3.8) is 0 Å². The van der Waals surface area contributed by atoms with E-state index in [9.17, 15) is 5.11 Å². The number of nitrogens with zero attached hydrogens (tertiary/aromatic N) is 5. The predicted octanol–water partition coefficient (Wildman–Crippen LogP) is 5.46. The summed E-state index contributed by atoms with van der Waals surface area (Å²) in [5, 5.41) is 9.31. The zero-order chi connectivity index (χ0) is 25.5. The molecule has 8 nitrogen and oxygen atoms in total. The number of thiazole rings is 1. The largest absolute Gasteiger partial charge is 0.460 e. The van der Waals surface area contributed by atoms with Gasteiger partial charge in [-0.05, 0) is 55.8 Å². The molecular weight excluding hydrogens is 490 g/mol. The highest BCUT2D eigenvalue weighted by Gasteiger charge is 2.18. The third-order valence-electron chi connectivity index (χ3n) is 6.16. The summed E-state index contributed by atoms with van der Waals surface area (Å²) >= 11 is 1.54. The molecule has 194 valence electrons. The number of hydrogen-bond acceptors (Lipinski definition) is 8. The Kier molecular flexibility index (Phi) is 9.05. The third kappa shape index (κ3) is 7.55. The Labute approximate surface area is 218 Å². The first-order valence-corrected chi connectivity index (χ1v) is 17.2. The number of ether oxygens (including phenoxy) is 2. The molecule has 1 aliphatic carbocycles. The number of aromatic nitrogens is 4. The number of rotatable bonds is 10. The molecular formula is C26H37N5O3SSi. The van der Waals surface area contributed by atoms with Crippen molar-refractivity contribution in [1.82, 2.24) is 19.5 Å². The minimum Gasteiger partial charge on any atom is -0.460 e. The topological polar surface area (TPSA) is 94.7 Å². The van der Waals surface area contributed by atoms with Gasteiger partial charge in [0.05, 0.1) is 17.2 Å². The maximum Gasteiger partial charge on any atom is 0.317 e. The second-order valence-electron chi connectivity index (χ2n) is 10.6. The highest BCUT2D eigenvalue weighted by atomic mass is 32.1. The average Bonchev–Trinajstić information content (AvgIpc) is 3.26. The summed E-state index contributed by atoms with van der Waals surface area (Å²) in [6.07, 6.45) is 11.5. The molecule has 36 heavy (non-hydrogen) atoms. The van der Waals surface area contributed by atoms with Crippen molar-refractivity contribution in [3.05, 3.63) is 46.7 Å². The van der Waals surface area contributed by atoms with Crippen molar-refractivity contribution in [1.29, 1.82) is 0 Å². The molecule has 0 atom stereocenters. The summed E-state index contributed by atoms with van der Waals surface area (Å²) in [6, 6.07) is 5.19. The van der Waals surface area contributed by atoms with Crippen LogP contribution in [0.2, 0.25) is 25.7 Å². The summed E-state index contributed by atoms with van der Waals surface area (Å²) in [5.74, 6) is 0.581. The molecule has 0 unspecified atom stereocenters. The molecule has 0 aromatic carbocycles. The minimum absolute atomic E-state index is 0.0421. The van der Waals surface area contributed by atoms with E-state index in [1.165, 1.54) is 30.6 Å². The number of aryl methyl sites for hydroxylation is 1. The van der Waals surface area contributed by atoms with Gasteiger partial charge in [-0.1, -0.05) is 43.5 Å². The Morgan fingerprint density at radius 3 is 2.64 bits per heavy atom. The van der Waals surface area contributed by atoms with E-state index in [0.717, 1.165) is 52.0 Å². The van der Waals surface area contributed by atoms with Crippen molar-refractivity contribution in [2.45, 2.75) is 84.2 Å². The van der Waals surface area contributed by atoms with Crippen LogP contribution in [0, 0.1) is 6.92 Å². The van der Waals surface area contributed by atoms with Gasteiger partial charge in [0.15, 0.2) is 10.6 Å². The Morgan fingerprint density at radius 2 is 1.94 bits per heavy atom. The van der Waals surface area contributed by atoms with Crippen LogP contribution in [0.1, 0.15) is 43.2 Å². The number of hydrogen-bond donors (Lipinski definition) is 1. The number of pyridine rings is 1. The molecule has 1 N–H and O–H groups in total. The van der Waals surface area contributed by atoms with Crippen LogP contribution >= 0.6 is 11.3 Å². The van der Waals surface area contributed by atoms with Gasteiger partial charge in [0, 0.05) is 33.3 Å². The molecule has 1 fully saturated rings. The van der Waals surface area contributed by atoms with Gasteiger partial charge in [0.2, 0.25) is 0 Å². The normalized spacial score (nSPS) is 15.4. The van der Waals surface area contributed by atoms with Gasteiger partial charge in [0.25, 0.3) is 0 Å². The van der Waals surface area contributed by atoms with E-state index in [1.807, 2.05) is 36.0 Å². The summed E-state index contributed by atoms with van der Waals surface area (Å²) in [5.41, 5.74) is 2.59. The maximum absolute atomic E-state index is 9.31. The minimum atomic E-state index is -1.18. The first kappa shape index (κ1) is 26.7. The van der Waals surface area contributed by atoms with Crippen molar-refractivity contribution in [2.24, 2.45) is 4.99 Å².